The van der Waals surface area contributed by atoms with Gasteiger partial charge in [-0.1, -0.05) is 53.6 Å². The predicted octanol–water partition coefficient (Wildman–Crippen LogP) is 4.78. The van der Waals surface area contributed by atoms with Gasteiger partial charge < -0.3 is 5.32 Å². The van der Waals surface area contributed by atoms with E-state index in [1.54, 1.807) is 49.4 Å². The summed E-state index contributed by atoms with van der Waals surface area (Å²) >= 11 is 0. The smallest absolute Gasteiger partial charge is 0.261 e. The van der Waals surface area contributed by atoms with E-state index in [-0.39, 0.29) is 10.8 Å². The molecular weight excluding hydrogens is 408 g/mol. The maximum atomic E-state index is 12.7. The maximum absolute atomic E-state index is 12.7. The normalized spacial score (nSPS) is 11.2. The highest BCUT2D eigenvalue weighted by atomic mass is 32.2. The number of aryl methyl sites for hydroxylation is 4. The molecule has 5 nitrogen and oxygen atoms in total. The van der Waals surface area contributed by atoms with Gasteiger partial charge in [0.1, 0.15) is 0 Å². The van der Waals surface area contributed by atoms with E-state index in [1.807, 2.05) is 13.0 Å². The fourth-order valence-electron chi connectivity index (χ4n) is 3.26. The second kappa shape index (κ2) is 9.79. The molecule has 0 aromatic heterocycles. The number of carbonyl (C=O) groups is 1. The first kappa shape index (κ1) is 22.6. The van der Waals surface area contributed by atoms with Gasteiger partial charge in [0.05, 0.1) is 10.6 Å². The van der Waals surface area contributed by atoms with E-state index < -0.39 is 10.0 Å². The van der Waals surface area contributed by atoms with Crippen LogP contribution >= 0.6 is 0 Å². The van der Waals surface area contributed by atoms with Crippen LogP contribution in [-0.4, -0.2) is 20.9 Å². The Morgan fingerprint density at radius 3 is 2.32 bits per heavy atom. The lowest BCUT2D eigenvalue weighted by atomic mass is 10.1. The molecular formula is C25H28N2O3S. The third-order valence-electron chi connectivity index (χ3n) is 5.09. The number of carbonyl (C=O) groups excluding carboxylic acids is 1. The average molecular weight is 437 g/mol. The van der Waals surface area contributed by atoms with Crippen molar-refractivity contribution in [1.29, 1.82) is 0 Å². The number of hydrogen-bond donors (Lipinski definition) is 2. The van der Waals surface area contributed by atoms with Crippen molar-refractivity contribution in [3.05, 3.63) is 94.5 Å². The van der Waals surface area contributed by atoms with Crippen molar-refractivity contribution >= 4 is 21.6 Å². The van der Waals surface area contributed by atoms with Crippen LogP contribution in [0.3, 0.4) is 0 Å². The first-order valence-electron chi connectivity index (χ1n) is 10.3. The summed E-state index contributed by atoms with van der Waals surface area (Å²) in [6.07, 6.45) is 1.71. The summed E-state index contributed by atoms with van der Waals surface area (Å²) in [5, 5.41) is 2.92. The van der Waals surface area contributed by atoms with Crippen LogP contribution in [0.5, 0.6) is 0 Å². The molecule has 3 aromatic carbocycles. The fraction of sp³-hybridized carbons (Fsp3) is 0.240. The molecule has 0 bridgehead atoms. The molecule has 0 spiro atoms. The van der Waals surface area contributed by atoms with Crippen LogP contribution in [0.15, 0.2) is 71.6 Å². The highest BCUT2D eigenvalue weighted by Gasteiger charge is 2.16. The third kappa shape index (κ3) is 6.18. The van der Waals surface area contributed by atoms with Crippen LogP contribution in [0.4, 0.5) is 5.69 Å². The molecule has 162 valence electrons. The summed E-state index contributed by atoms with van der Waals surface area (Å²) in [6, 6.07) is 20.0. The topological polar surface area (TPSA) is 75.3 Å². The summed E-state index contributed by atoms with van der Waals surface area (Å²) in [5.74, 6) is -0.222. The van der Waals surface area contributed by atoms with Crippen LogP contribution in [0.1, 0.15) is 39.0 Å². The minimum Gasteiger partial charge on any atom is -0.352 e. The average Bonchev–Trinajstić information content (AvgIpc) is 2.73. The number of sulfonamides is 1. The highest BCUT2D eigenvalue weighted by molar-refractivity contribution is 7.92. The Morgan fingerprint density at radius 2 is 1.61 bits per heavy atom. The van der Waals surface area contributed by atoms with Crippen LogP contribution in [0, 0.1) is 20.8 Å². The zero-order valence-corrected chi connectivity index (χ0v) is 18.9. The Kier molecular flexibility index (Phi) is 7.13. The SMILES string of the molecule is Cc1ccc(S(=O)(=O)Nc2cc(C(=O)NCCCc3cccc(C)c3)ccc2C)cc1. The van der Waals surface area contributed by atoms with Crippen molar-refractivity contribution in [3.63, 3.8) is 0 Å². The van der Waals surface area contributed by atoms with Gasteiger partial charge in [-0.2, -0.15) is 0 Å². The molecule has 1 amide bonds. The van der Waals surface area contributed by atoms with Crippen molar-refractivity contribution in [2.75, 3.05) is 11.3 Å². The van der Waals surface area contributed by atoms with E-state index in [1.165, 1.54) is 11.1 Å². The number of anilines is 1. The summed E-state index contributed by atoms with van der Waals surface area (Å²) < 4.78 is 28.0. The summed E-state index contributed by atoms with van der Waals surface area (Å²) in [4.78, 5) is 12.7. The van der Waals surface area contributed by atoms with Crippen LogP contribution in [0.25, 0.3) is 0 Å². The van der Waals surface area contributed by atoms with Crippen LogP contribution in [0.2, 0.25) is 0 Å². The van der Waals surface area contributed by atoms with Crippen molar-refractivity contribution in [2.45, 2.75) is 38.5 Å². The monoisotopic (exact) mass is 436 g/mol. The van der Waals surface area contributed by atoms with E-state index in [9.17, 15) is 13.2 Å². The van der Waals surface area contributed by atoms with Gasteiger partial charge >= 0.3 is 0 Å². The number of benzene rings is 3. The number of amides is 1. The lowest BCUT2D eigenvalue weighted by Crippen LogP contribution is -2.25. The molecule has 31 heavy (non-hydrogen) atoms. The molecule has 0 radical (unpaired) electrons. The lowest BCUT2D eigenvalue weighted by molar-refractivity contribution is 0.0953. The van der Waals surface area contributed by atoms with Gasteiger partial charge in [-0.05, 0) is 69.0 Å². The first-order valence-corrected chi connectivity index (χ1v) is 11.8. The molecule has 3 rings (SSSR count). The van der Waals surface area contributed by atoms with E-state index in [2.05, 4.69) is 35.2 Å². The molecule has 0 aliphatic heterocycles. The molecule has 0 aliphatic rings. The first-order chi connectivity index (χ1) is 14.7. The molecule has 6 heteroatoms. The maximum Gasteiger partial charge on any atom is 0.261 e. The number of hydrogen-bond acceptors (Lipinski definition) is 3. The molecule has 0 heterocycles. The molecule has 0 atom stereocenters. The summed E-state index contributed by atoms with van der Waals surface area (Å²) in [7, 11) is -3.73. The quantitative estimate of drug-likeness (QED) is 0.499. The van der Waals surface area contributed by atoms with E-state index in [4.69, 9.17) is 0 Å². The Labute approximate surface area is 184 Å². The van der Waals surface area contributed by atoms with E-state index in [0.29, 0.717) is 17.8 Å². The molecule has 0 saturated carbocycles. The van der Waals surface area contributed by atoms with Gasteiger partial charge in [-0.15, -0.1) is 0 Å². The number of nitrogens with one attached hydrogen (secondary N) is 2. The van der Waals surface area contributed by atoms with Crippen molar-refractivity contribution < 1.29 is 13.2 Å². The zero-order valence-electron chi connectivity index (χ0n) is 18.1. The Hall–Kier alpha value is -3.12. The van der Waals surface area contributed by atoms with E-state index >= 15 is 0 Å². The second-order valence-corrected chi connectivity index (χ2v) is 9.48. The standard InChI is InChI=1S/C25H28N2O3S/c1-18-9-13-23(14-10-18)31(29,30)27-24-17-22(12-11-20(24)3)25(28)26-15-5-8-21-7-4-6-19(2)16-21/h4,6-7,9-14,16-17,27H,5,8,15H2,1-3H3,(H,26,28). The molecule has 3 aromatic rings. The molecule has 0 fully saturated rings. The predicted molar refractivity (Wildman–Crippen MR) is 125 cm³/mol. The second-order valence-electron chi connectivity index (χ2n) is 7.80. The molecule has 0 saturated heterocycles. The van der Waals surface area contributed by atoms with Crippen molar-refractivity contribution in [1.82, 2.24) is 5.32 Å². The largest absolute Gasteiger partial charge is 0.352 e. The van der Waals surface area contributed by atoms with Gasteiger partial charge in [-0.25, -0.2) is 8.42 Å². The van der Waals surface area contributed by atoms with Gasteiger partial charge in [0, 0.05) is 12.1 Å². The lowest BCUT2D eigenvalue weighted by Gasteiger charge is -2.13. The fourth-order valence-corrected chi connectivity index (χ4v) is 4.38. The van der Waals surface area contributed by atoms with Gasteiger partial charge in [-0.3, -0.25) is 9.52 Å². The Bertz CT molecular complexity index is 1170. The Balaban J connectivity index is 1.63. The highest BCUT2D eigenvalue weighted by Crippen LogP contribution is 2.21. The Morgan fingerprint density at radius 1 is 0.871 bits per heavy atom. The molecule has 0 aliphatic carbocycles. The molecule has 2 N–H and O–H groups in total. The van der Waals surface area contributed by atoms with E-state index in [0.717, 1.165) is 24.0 Å². The van der Waals surface area contributed by atoms with Gasteiger partial charge in [0.2, 0.25) is 0 Å². The van der Waals surface area contributed by atoms with Crippen LogP contribution in [-0.2, 0) is 16.4 Å². The summed E-state index contributed by atoms with van der Waals surface area (Å²) in [6.45, 7) is 6.31. The van der Waals surface area contributed by atoms with Gasteiger partial charge in [0.15, 0.2) is 0 Å². The summed E-state index contributed by atoms with van der Waals surface area (Å²) in [5.41, 5.74) is 5.01. The minimum absolute atomic E-state index is 0.184. The van der Waals surface area contributed by atoms with Crippen molar-refractivity contribution in [3.8, 4) is 0 Å². The third-order valence-corrected chi connectivity index (χ3v) is 6.47. The van der Waals surface area contributed by atoms with Crippen LogP contribution < -0.4 is 10.0 Å². The number of rotatable bonds is 8. The van der Waals surface area contributed by atoms with Gasteiger partial charge in [0.25, 0.3) is 15.9 Å². The van der Waals surface area contributed by atoms with Crippen molar-refractivity contribution in [2.24, 2.45) is 0 Å². The minimum atomic E-state index is -3.73. The zero-order chi connectivity index (χ0) is 22.4. The molecule has 0 unspecified atom stereocenters.